The van der Waals surface area contributed by atoms with Crippen molar-refractivity contribution >= 4 is 24.6 Å². The van der Waals surface area contributed by atoms with Crippen LogP contribution in [0, 0.1) is 0 Å². The van der Waals surface area contributed by atoms with Crippen LogP contribution in [0.4, 0.5) is 4.79 Å². The lowest BCUT2D eigenvalue weighted by Crippen LogP contribution is -2.47. The average molecular weight is 270 g/mol. The predicted molar refractivity (Wildman–Crippen MR) is 72.4 cm³/mol. The van der Waals surface area contributed by atoms with Crippen LogP contribution in [0.5, 0.6) is 0 Å². The summed E-state index contributed by atoms with van der Waals surface area (Å²) in [6.45, 7) is 4.14. The van der Waals surface area contributed by atoms with Gasteiger partial charge in [0, 0.05) is 17.9 Å². The van der Waals surface area contributed by atoms with Crippen LogP contribution >= 0.6 is 12.6 Å². The summed E-state index contributed by atoms with van der Waals surface area (Å²) in [5, 5.41) is 0.125. The van der Waals surface area contributed by atoms with Gasteiger partial charge in [0.2, 0.25) is 5.91 Å². The Kier molecular flexibility index (Phi) is 5.77. The molecule has 1 fully saturated rings. The number of nitrogens with two attached hydrogens (primary N) is 1. The van der Waals surface area contributed by atoms with E-state index in [4.69, 9.17) is 10.5 Å². The molecular formula is C12H18N2O3S. The molecule has 1 saturated heterocycles. The van der Waals surface area contributed by atoms with E-state index in [0.717, 1.165) is 12.8 Å². The normalized spacial score (nSPS) is 23.9. The van der Waals surface area contributed by atoms with E-state index >= 15 is 0 Å². The second kappa shape index (κ2) is 7.10. The summed E-state index contributed by atoms with van der Waals surface area (Å²) in [6.07, 6.45) is 5.61. The van der Waals surface area contributed by atoms with Crippen molar-refractivity contribution in [2.24, 2.45) is 5.73 Å². The SMILES string of the molecule is C=CCOC(=O)N1C[C@@H](S)CC[C@H]1C=CC(N)=O. The topological polar surface area (TPSA) is 72.6 Å². The van der Waals surface area contributed by atoms with Crippen molar-refractivity contribution in [2.45, 2.75) is 24.1 Å². The number of hydrogen-bond acceptors (Lipinski definition) is 4. The molecule has 0 aromatic rings. The molecule has 0 spiro atoms. The summed E-state index contributed by atoms with van der Waals surface area (Å²) in [4.78, 5) is 24.1. The van der Waals surface area contributed by atoms with Crippen molar-refractivity contribution in [3.8, 4) is 0 Å². The fourth-order valence-electron chi connectivity index (χ4n) is 1.80. The van der Waals surface area contributed by atoms with Crippen molar-refractivity contribution < 1.29 is 14.3 Å². The lowest BCUT2D eigenvalue weighted by Gasteiger charge is -2.35. The van der Waals surface area contributed by atoms with Gasteiger partial charge in [0.05, 0.1) is 6.04 Å². The van der Waals surface area contributed by atoms with E-state index in [1.807, 2.05) is 0 Å². The highest BCUT2D eigenvalue weighted by atomic mass is 32.1. The molecule has 6 heteroatoms. The number of hydrogen-bond donors (Lipinski definition) is 2. The predicted octanol–water partition coefficient (Wildman–Crippen LogP) is 1.11. The minimum absolute atomic E-state index is 0.125. The maximum absolute atomic E-state index is 11.8. The van der Waals surface area contributed by atoms with Crippen molar-refractivity contribution in [3.63, 3.8) is 0 Å². The minimum atomic E-state index is -0.526. The fraction of sp³-hybridized carbons (Fsp3) is 0.500. The van der Waals surface area contributed by atoms with E-state index in [9.17, 15) is 9.59 Å². The second-order valence-corrected chi connectivity index (χ2v) is 4.81. The zero-order chi connectivity index (χ0) is 13.5. The van der Waals surface area contributed by atoms with Gasteiger partial charge in [-0.2, -0.15) is 12.6 Å². The maximum Gasteiger partial charge on any atom is 0.410 e. The van der Waals surface area contributed by atoms with E-state index in [2.05, 4.69) is 19.2 Å². The summed E-state index contributed by atoms with van der Waals surface area (Å²) >= 11 is 4.37. The first-order valence-corrected chi connectivity index (χ1v) is 6.26. The Hall–Kier alpha value is -1.43. The third kappa shape index (κ3) is 4.44. The lowest BCUT2D eigenvalue weighted by molar-refractivity contribution is -0.113. The molecule has 18 heavy (non-hydrogen) atoms. The number of likely N-dealkylation sites (tertiary alicyclic amines) is 1. The summed E-state index contributed by atoms with van der Waals surface area (Å²) in [5.41, 5.74) is 5.05. The molecule has 0 bridgehead atoms. The van der Waals surface area contributed by atoms with Crippen LogP contribution in [0.15, 0.2) is 24.8 Å². The van der Waals surface area contributed by atoms with E-state index in [1.165, 1.54) is 12.2 Å². The molecule has 0 radical (unpaired) electrons. The van der Waals surface area contributed by atoms with E-state index in [-0.39, 0.29) is 17.9 Å². The molecule has 0 aromatic heterocycles. The van der Waals surface area contributed by atoms with Crippen LogP contribution in [-0.4, -0.2) is 41.3 Å². The van der Waals surface area contributed by atoms with Gasteiger partial charge in [0.1, 0.15) is 6.61 Å². The number of nitrogens with zero attached hydrogens (tertiary/aromatic N) is 1. The third-order valence-electron chi connectivity index (χ3n) is 2.65. The van der Waals surface area contributed by atoms with Gasteiger partial charge in [0.15, 0.2) is 0 Å². The van der Waals surface area contributed by atoms with Gasteiger partial charge < -0.3 is 15.4 Å². The molecule has 1 heterocycles. The van der Waals surface area contributed by atoms with Crippen molar-refractivity contribution in [1.29, 1.82) is 0 Å². The van der Waals surface area contributed by atoms with Gasteiger partial charge in [0.25, 0.3) is 0 Å². The second-order valence-electron chi connectivity index (χ2n) is 4.08. The van der Waals surface area contributed by atoms with Crippen LogP contribution < -0.4 is 5.73 Å². The smallest absolute Gasteiger partial charge is 0.410 e. The van der Waals surface area contributed by atoms with Crippen LogP contribution in [0.2, 0.25) is 0 Å². The molecule has 2 amide bonds. The maximum atomic E-state index is 11.8. The molecule has 5 nitrogen and oxygen atoms in total. The molecule has 0 aliphatic carbocycles. The highest BCUT2D eigenvalue weighted by molar-refractivity contribution is 7.81. The molecule has 1 aliphatic heterocycles. The Morgan fingerprint density at radius 3 is 2.83 bits per heavy atom. The summed E-state index contributed by atoms with van der Waals surface area (Å²) < 4.78 is 5.00. The first-order chi connectivity index (χ1) is 8.54. The molecular weight excluding hydrogens is 252 g/mol. The van der Waals surface area contributed by atoms with Gasteiger partial charge >= 0.3 is 6.09 Å². The van der Waals surface area contributed by atoms with Gasteiger partial charge in [-0.15, -0.1) is 0 Å². The quantitative estimate of drug-likeness (QED) is 0.457. The minimum Gasteiger partial charge on any atom is -0.445 e. The number of thiol groups is 1. The van der Waals surface area contributed by atoms with Gasteiger partial charge in [-0.3, -0.25) is 4.79 Å². The lowest BCUT2D eigenvalue weighted by atomic mass is 10.0. The number of rotatable bonds is 4. The summed E-state index contributed by atoms with van der Waals surface area (Å²) in [5.74, 6) is -0.526. The van der Waals surface area contributed by atoms with Crippen LogP contribution in [0.1, 0.15) is 12.8 Å². The molecule has 100 valence electrons. The summed E-state index contributed by atoms with van der Waals surface area (Å²) in [7, 11) is 0. The van der Waals surface area contributed by atoms with Crippen LogP contribution in [0.25, 0.3) is 0 Å². The first kappa shape index (κ1) is 14.6. The standard InChI is InChI=1S/C12H18N2O3S/c1-2-7-17-12(16)14-8-10(18)5-3-9(14)4-6-11(13)15/h2,4,6,9-10,18H,1,3,5,7-8H2,(H2,13,15)/t9-,10-/m0/s1. The Labute approximate surface area is 112 Å². The average Bonchev–Trinajstić information content (AvgIpc) is 2.34. The first-order valence-electron chi connectivity index (χ1n) is 5.74. The van der Waals surface area contributed by atoms with E-state index in [0.29, 0.717) is 6.54 Å². The molecule has 0 saturated carbocycles. The number of ether oxygens (including phenoxy) is 1. The third-order valence-corrected chi connectivity index (χ3v) is 3.07. The van der Waals surface area contributed by atoms with Crippen LogP contribution in [-0.2, 0) is 9.53 Å². The van der Waals surface area contributed by atoms with Crippen molar-refractivity contribution in [2.75, 3.05) is 13.2 Å². The molecule has 1 aliphatic rings. The zero-order valence-corrected chi connectivity index (χ0v) is 11.0. The molecule has 2 N–H and O–H groups in total. The number of carbonyl (C=O) groups is 2. The van der Waals surface area contributed by atoms with Gasteiger partial charge in [-0.25, -0.2) is 4.79 Å². The largest absolute Gasteiger partial charge is 0.445 e. The van der Waals surface area contributed by atoms with Crippen molar-refractivity contribution in [1.82, 2.24) is 4.90 Å². The van der Waals surface area contributed by atoms with Crippen molar-refractivity contribution in [3.05, 3.63) is 24.8 Å². The molecule has 0 unspecified atom stereocenters. The zero-order valence-electron chi connectivity index (χ0n) is 10.1. The van der Waals surface area contributed by atoms with Crippen LogP contribution in [0.3, 0.4) is 0 Å². The van der Waals surface area contributed by atoms with Gasteiger partial charge in [-0.05, 0) is 12.8 Å². The highest BCUT2D eigenvalue weighted by Gasteiger charge is 2.29. The van der Waals surface area contributed by atoms with E-state index < -0.39 is 12.0 Å². The van der Waals surface area contributed by atoms with E-state index in [1.54, 1.807) is 11.0 Å². The van der Waals surface area contributed by atoms with Gasteiger partial charge in [-0.1, -0.05) is 18.7 Å². The molecule has 2 atom stereocenters. The number of primary amides is 1. The fourth-order valence-corrected chi connectivity index (χ4v) is 2.13. The Morgan fingerprint density at radius 1 is 1.50 bits per heavy atom. The number of amides is 2. The molecule has 1 rings (SSSR count). The number of carbonyl (C=O) groups excluding carboxylic acids is 2. The Morgan fingerprint density at radius 2 is 2.22 bits per heavy atom. The highest BCUT2D eigenvalue weighted by Crippen LogP contribution is 2.22. The number of piperidine rings is 1. The Balaban J connectivity index is 2.69. The monoisotopic (exact) mass is 270 g/mol. The molecule has 0 aromatic carbocycles. The summed E-state index contributed by atoms with van der Waals surface area (Å²) in [6, 6.07) is -0.168. The Bertz CT molecular complexity index is 357.